The quantitative estimate of drug-likeness (QED) is 0.565. The molecular formula is C20H31FN4O2. The summed E-state index contributed by atoms with van der Waals surface area (Å²) in [6.45, 7) is 2.87. The van der Waals surface area contributed by atoms with E-state index in [9.17, 15) is 9.18 Å². The molecule has 0 heterocycles. The summed E-state index contributed by atoms with van der Waals surface area (Å²) in [5, 5.41) is 6.47. The monoisotopic (exact) mass is 378 g/mol. The van der Waals surface area contributed by atoms with Crippen LogP contribution in [0.4, 0.5) is 4.39 Å². The van der Waals surface area contributed by atoms with Gasteiger partial charge in [0, 0.05) is 27.7 Å². The number of rotatable bonds is 7. The maximum absolute atomic E-state index is 13.7. The first-order valence-electron chi connectivity index (χ1n) is 9.45. The van der Waals surface area contributed by atoms with Crippen molar-refractivity contribution in [2.24, 2.45) is 10.4 Å². The van der Waals surface area contributed by atoms with E-state index < -0.39 is 0 Å². The van der Waals surface area contributed by atoms with E-state index in [0.29, 0.717) is 19.0 Å². The minimum absolute atomic E-state index is 0.166. The van der Waals surface area contributed by atoms with E-state index in [1.54, 1.807) is 44.2 Å². The predicted octanol–water partition coefficient (Wildman–Crippen LogP) is 2.41. The molecule has 1 amide bonds. The number of nitrogens with one attached hydrogen (secondary N) is 2. The second-order valence-electron chi connectivity index (χ2n) is 7.35. The van der Waals surface area contributed by atoms with E-state index in [0.717, 1.165) is 25.7 Å². The van der Waals surface area contributed by atoms with Crippen LogP contribution in [0.25, 0.3) is 0 Å². The van der Waals surface area contributed by atoms with Crippen LogP contribution in [-0.2, 0) is 4.79 Å². The van der Waals surface area contributed by atoms with Gasteiger partial charge in [-0.05, 0) is 31.9 Å². The summed E-state index contributed by atoms with van der Waals surface area (Å²) in [7, 11) is 5.29. The van der Waals surface area contributed by atoms with Crippen molar-refractivity contribution in [3.05, 3.63) is 30.1 Å². The fourth-order valence-electron chi connectivity index (χ4n) is 3.51. The standard InChI is InChI=1S/C20H31FN4O2/c1-15(27-17-10-6-5-9-16(17)21)13-23-19(22-2)24-14-20(11-7-8-12-20)18(26)25(3)4/h5-6,9-10,15H,7-8,11-14H2,1-4H3,(H2,22,23,24). The Kier molecular flexibility index (Phi) is 7.45. The van der Waals surface area contributed by atoms with E-state index in [1.165, 1.54) is 6.07 Å². The first-order valence-corrected chi connectivity index (χ1v) is 9.45. The number of para-hydroxylation sites is 1. The Balaban J connectivity index is 1.86. The Morgan fingerprint density at radius 1 is 1.30 bits per heavy atom. The number of benzene rings is 1. The molecule has 0 bridgehead atoms. The second-order valence-corrected chi connectivity index (χ2v) is 7.35. The minimum atomic E-state index is -0.378. The molecule has 0 aliphatic heterocycles. The minimum Gasteiger partial charge on any atom is -0.486 e. The van der Waals surface area contributed by atoms with Crippen LogP contribution in [0.5, 0.6) is 5.75 Å². The third kappa shape index (κ3) is 5.58. The number of ether oxygens (including phenoxy) is 1. The smallest absolute Gasteiger partial charge is 0.230 e. The lowest BCUT2D eigenvalue weighted by Crippen LogP contribution is -2.50. The molecule has 1 aliphatic carbocycles. The Labute approximate surface area is 161 Å². The number of halogens is 1. The third-order valence-corrected chi connectivity index (χ3v) is 4.96. The fourth-order valence-corrected chi connectivity index (χ4v) is 3.51. The second kappa shape index (κ2) is 9.58. The highest BCUT2D eigenvalue weighted by Crippen LogP contribution is 2.38. The van der Waals surface area contributed by atoms with Crippen molar-refractivity contribution in [2.45, 2.75) is 38.7 Å². The Morgan fingerprint density at radius 2 is 1.96 bits per heavy atom. The molecule has 1 atom stereocenters. The number of hydrogen-bond acceptors (Lipinski definition) is 3. The number of aliphatic imine (C=N–C) groups is 1. The first-order chi connectivity index (χ1) is 12.9. The van der Waals surface area contributed by atoms with Crippen molar-refractivity contribution in [3.63, 3.8) is 0 Å². The molecule has 0 radical (unpaired) electrons. The zero-order valence-electron chi connectivity index (χ0n) is 16.7. The summed E-state index contributed by atoms with van der Waals surface area (Å²) in [6, 6.07) is 6.35. The Hall–Kier alpha value is -2.31. The predicted molar refractivity (Wildman–Crippen MR) is 105 cm³/mol. The summed E-state index contributed by atoms with van der Waals surface area (Å²) in [5.74, 6) is 0.629. The Bertz CT molecular complexity index is 657. The summed E-state index contributed by atoms with van der Waals surface area (Å²) >= 11 is 0. The van der Waals surface area contributed by atoms with E-state index in [2.05, 4.69) is 15.6 Å². The van der Waals surface area contributed by atoms with Crippen molar-refractivity contribution < 1.29 is 13.9 Å². The topological polar surface area (TPSA) is 66.0 Å². The van der Waals surface area contributed by atoms with Crippen molar-refractivity contribution >= 4 is 11.9 Å². The normalized spacial score (nSPS) is 17.3. The van der Waals surface area contributed by atoms with Crippen LogP contribution < -0.4 is 15.4 Å². The lowest BCUT2D eigenvalue weighted by molar-refractivity contribution is -0.138. The van der Waals surface area contributed by atoms with Gasteiger partial charge in [-0.25, -0.2) is 4.39 Å². The van der Waals surface area contributed by atoms with Gasteiger partial charge < -0.3 is 20.3 Å². The molecule has 1 saturated carbocycles. The van der Waals surface area contributed by atoms with Crippen LogP contribution in [0, 0.1) is 11.2 Å². The van der Waals surface area contributed by atoms with Crippen molar-refractivity contribution in [1.29, 1.82) is 0 Å². The zero-order valence-corrected chi connectivity index (χ0v) is 16.7. The number of carbonyl (C=O) groups is 1. The molecule has 1 fully saturated rings. The molecule has 7 heteroatoms. The van der Waals surface area contributed by atoms with E-state index in [4.69, 9.17) is 4.74 Å². The van der Waals surface area contributed by atoms with E-state index in [-0.39, 0.29) is 29.0 Å². The number of nitrogens with zero attached hydrogens (tertiary/aromatic N) is 2. The van der Waals surface area contributed by atoms with Gasteiger partial charge in [0.2, 0.25) is 5.91 Å². The lowest BCUT2D eigenvalue weighted by Gasteiger charge is -2.31. The molecule has 6 nitrogen and oxygen atoms in total. The van der Waals surface area contributed by atoms with Crippen molar-refractivity contribution in [1.82, 2.24) is 15.5 Å². The molecule has 2 N–H and O–H groups in total. The largest absolute Gasteiger partial charge is 0.486 e. The summed E-state index contributed by atoms with van der Waals surface area (Å²) in [6.07, 6.45) is 3.67. The van der Waals surface area contributed by atoms with Crippen LogP contribution in [0.2, 0.25) is 0 Å². The molecule has 0 aromatic heterocycles. The van der Waals surface area contributed by atoms with Crippen LogP contribution in [0.1, 0.15) is 32.6 Å². The van der Waals surface area contributed by atoms with Gasteiger partial charge >= 0.3 is 0 Å². The molecule has 1 unspecified atom stereocenters. The maximum Gasteiger partial charge on any atom is 0.230 e. The van der Waals surface area contributed by atoms with Crippen molar-refractivity contribution in [2.75, 3.05) is 34.2 Å². The lowest BCUT2D eigenvalue weighted by atomic mass is 9.84. The molecule has 0 spiro atoms. The van der Waals surface area contributed by atoms with Crippen molar-refractivity contribution in [3.8, 4) is 5.75 Å². The average molecular weight is 378 g/mol. The summed E-state index contributed by atoms with van der Waals surface area (Å²) in [4.78, 5) is 18.5. The van der Waals surface area contributed by atoms with Crippen LogP contribution in [0.3, 0.4) is 0 Å². The first kappa shape index (κ1) is 21.0. The highest BCUT2D eigenvalue weighted by atomic mass is 19.1. The van der Waals surface area contributed by atoms with Gasteiger partial charge in [0.1, 0.15) is 6.10 Å². The summed E-state index contributed by atoms with van der Waals surface area (Å²) < 4.78 is 19.3. The third-order valence-electron chi connectivity index (χ3n) is 4.96. The molecule has 0 saturated heterocycles. The van der Waals surface area contributed by atoms with E-state index in [1.807, 2.05) is 6.92 Å². The van der Waals surface area contributed by atoms with Crippen LogP contribution in [-0.4, -0.2) is 57.1 Å². The SMILES string of the molecule is CN=C(NCC(C)Oc1ccccc1F)NCC1(C(=O)N(C)C)CCCC1. The van der Waals surface area contributed by atoms with Gasteiger partial charge in [0.25, 0.3) is 0 Å². The molecule has 150 valence electrons. The van der Waals surface area contributed by atoms with Gasteiger partial charge in [-0.1, -0.05) is 25.0 Å². The maximum atomic E-state index is 13.7. The number of guanidine groups is 1. The molecule has 27 heavy (non-hydrogen) atoms. The van der Waals surface area contributed by atoms with Gasteiger partial charge in [0.05, 0.1) is 12.0 Å². The highest BCUT2D eigenvalue weighted by Gasteiger charge is 2.42. The fraction of sp³-hybridized carbons (Fsp3) is 0.600. The number of hydrogen-bond donors (Lipinski definition) is 2. The molecule has 1 aromatic rings. The molecular weight excluding hydrogens is 347 g/mol. The molecule has 1 aliphatic rings. The van der Waals surface area contributed by atoms with Gasteiger partial charge in [-0.15, -0.1) is 0 Å². The van der Waals surface area contributed by atoms with Gasteiger partial charge in [-0.2, -0.15) is 0 Å². The number of amides is 1. The molecule has 2 rings (SSSR count). The molecule has 1 aromatic carbocycles. The van der Waals surface area contributed by atoms with E-state index >= 15 is 0 Å². The van der Waals surface area contributed by atoms with Crippen LogP contribution in [0.15, 0.2) is 29.3 Å². The zero-order chi connectivity index (χ0) is 19.9. The number of carbonyl (C=O) groups excluding carboxylic acids is 1. The highest BCUT2D eigenvalue weighted by molar-refractivity contribution is 5.85. The Morgan fingerprint density at radius 3 is 2.56 bits per heavy atom. The van der Waals surface area contributed by atoms with Crippen LogP contribution >= 0.6 is 0 Å². The average Bonchev–Trinajstić information content (AvgIpc) is 3.13. The van der Waals surface area contributed by atoms with Gasteiger partial charge in [0.15, 0.2) is 17.5 Å². The van der Waals surface area contributed by atoms with Gasteiger partial charge in [-0.3, -0.25) is 9.79 Å². The summed E-state index contributed by atoms with van der Waals surface area (Å²) in [5.41, 5.74) is -0.365.